The van der Waals surface area contributed by atoms with Crippen LogP contribution in [0.4, 0.5) is 0 Å². The lowest BCUT2D eigenvalue weighted by molar-refractivity contribution is 0.455. The molecule has 0 fully saturated rings. The second-order valence-electron chi connectivity index (χ2n) is 3.93. The van der Waals surface area contributed by atoms with Gasteiger partial charge in [0.05, 0.1) is 6.54 Å². The molecule has 0 atom stereocenters. The molecule has 2 aromatic rings. The molecule has 9 heteroatoms. The predicted molar refractivity (Wildman–Crippen MR) is 63.0 cm³/mol. The fourth-order valence-corrected chi connectivity index (χ4v) is 2.56. The summed E-state index contributed by atoms with van der Waals surface area (Å²) < 4.78 is 27.3. The molecule has 0 bridgehead atoms. The Hall–Kier alpha value is -1.74. The van der Waals surface area contributed by atoms with Crippen LogP contribution < -0.4 is 0 Å². The standard InChI is InChI=1S/C9H14N6O2S/c1-7-12-9(5-14(7)2)18(16,17)15(3)4-8-10-6-11-13-8/h5-6H,4H2,1-3H3,(H,10,11,13). The molecule has 98 valence electrons. The Morgan fingerprint density at radius 1 is 1.50 bits per heavy atom. The van der Waals surface area contributed by atoms with Crippen molar-refractivity contribution in [3.05, 3.63) is 24.2 Å². The van der Waals surface area contributed by atoms with Gasteiger partial charge in [0.2, 0.25) is 0 Å². The minimum atomic E-state index is -3.60. The summed E-state index contributed by atoms with van der Waals surface area (Å²) >= 11 is 0. The maximum absolute atomic E-state index is 12.2. The van der Waals surface area contributed by atoms with Gasteiger partial charge >= 0.3 is 0 Å². The van der Waals surface area contributed by atoms with Gasteiger partial charge in [-0.15, -0.1) is 0 Å². The number of aryl methyl sites for hydroxylation is 2. The van der Waals surface area contributed by atoms with Gasteiger partial charge in [-0.2, -0.15) is 9.40 Å². The lowest BCUT2D eigenvalue weighted by Crippen LogP contribution is -2.27. The summed E-state index contributed by atoms with van der Waals surface area (Å²) in [5, 5.41) is 6.32. The van der Waals surface area contributed by atoms with Crippen molar-refractivity contribution in [2.24, 2.45) is 7.05 Å². The second-order valence-corrected chi connectivity index (χ2v) is 5.92. The van der Waals surface area contributed by atoms with E-state index in [0.717, 1.165) is 0 Å². The fraction of sp³-hybridized carbons (Fsp3) is 0.444. The first kappa shape index (κ1) is 12.7. The van der Waals surface area contributed by atoms with Crippen LogP contribution in [-0.2, 0) is 23.6 Å². The molecular formula is C9H14N6O2S. The van der Waals surface area contributed by atoms with Crippen LogP contribution in [0.1, 0.15) is 11.6 Å². The van der Waals surface area contributed by atoms with E-state index in [1.165, 1.54) is 23.9 Å². The molecule has 0 saturated heterocycles. The summed E-state index contributed by atoms with van der Waals surface area (Å²) in [7, 11) is -0.381. The molecule has 0 saturated carbocycles. The Balaban J connectivity index is 2.25. The fourth-order valence-electron chi connectivity index (χ4n) is 1.41. The molecule has 0 radical (unpaired) electrons. The van der Waals surface area contributed by atoms with Crippen molar-refractivity contribution in [3.8, 4) is 0 Å². The summed E-state index contributed by atoms with van der Waals surface area (Å²) in [6.07, 6.45) is 2.82. The zero-order valence-electron chi connectivity index (χ0n) is 10.3. The summed E-state index contributed by atoms with van der Waals surface area (Å²) in [6.45, 7) is 1.87. The van der Waals surface area contributed by atoms with E-state index in [4.69, 9.17) is 0 Å². The van der Waals surface area contributed by atoms with E-state index in [-0.39, 0.29) is 11.6 Å². The number of rotatable bonds is 4. The molecule has 0 aliphatic rings. The zero-order chi connectivity index (χ0) is 13.3. The quantitative estimate of drug-likeness (QED) is 0.820. The predicted octanol–water partition coefficient (Wildman–Crippen LogP) is -0.333. The number of hydrogen-bond acceptors (Lipinski definition) is 5. The minimum absolute atomic E-state index is 0.0320. The normalized spacial score (nSPS) is 12.2. The van der Waals surface area contributed by atoms with Crippen molar-refractivity contribution in [1.82, 2.24) is 29.0 Å². The number of aromatic nitrogens is 5. The van der Waals surface area contributed by atoms with Crippen molar-refractivity contribution < 1.29 is 8.42 Å². The van der Waals surface area contributed by atoms with Crippen molar-refractivity contribution in [2.75, 3.05) is 7.05 Å². The van der Waals surface area contributed by atoms with Crippen LogP contribution in [0.15, 0.2) is 17.6 Å². The van der Waals surface area contributed by atoms with Gasteiger partial charge in [-0.3, -0.25) is 5.10 Å². The first-order chi connectivity index (χ1) is 8.41. The van der Waals surface area contributed by atoms with Gasteiger partial charge in [-0.1, -0.05) is 0 Å². The maximum Gasteiger partial charge on any atom is 0.262 e. The number of nitrogens with zero attached hydrogens (tertiary/aromatic N) is 5. The SMILES string of the molecule is Cc1nc(S(=O)(=O)N(C)Cc2ncn[nH]2)cn1C. The molecule has 0 amide bonds. The Morgan fingerprint density at radius 3 is 2.72 bits per heavy atom. The molecule has 0 aliphatic carbocycles. The van der Waals surface area contributed by atoms with Gasteiger partial charge in [0.25, 0.3) is 10.0 Å². The van der Waals surface area contributed by atoms with Gasteiger partial charge in [0, 0.05) is 20.3 Å². The summed E-state index contributed by atoms with van der Waals surface area (Å²) in [5.41, 5.74) is 0. The third-order valence-corrected chi connectivity index (χ3v) is 4.27. The third-order valence-electron chi connectivity index (χ3n) is 2.60. The van der Waals surface area contributed by atoms with Crippen LogP contribution in [-0.4, -0.2) is 44.5 Å². The van der Waals surface area contributed by atoms with E-state index in [2.05, 4.69) is 20.2 Å². The first-order valence-electron chi connectivity index (χ1n) is 5.22. The van der Waals surface area contributed by atoms with E-state index in [1.54, 1.807) is 18.5 Å². The largest absolute Gasteiger partial charge is 0.337 e. The van der Waals surface area contributed by atoms with E-state index < -0.39 is 10.0 Å². The van der Waals surface area contributed by atoms with Crippen LogP contribution in [0.2, 0.25) is 0 Å². The van der Waals surface area contributed by atoms with E-state index >= 15 is 0 Å². The van der Waals surface area contributed by atoms with Crippen molar-refractivity contribution >= 4 is 10.0 Å². The number of aromatic amines is 1. The van der Waals surface area contributed by atoms with Crippen LogP contribution in [0.3, 0.4) is 0 Å². The number of nitrogens with one attached hydrogen (secondary N) is 1. The first-order valence-corrected chi connectivity index (χ1v) is 6.66. The highest BCUT2D eigenvalue weighted by Gasteiger charge is 2.24. The topological polar surface area (TPSA) is 96.8 Å². The number of H-pyrrole nitrogens is 1. The molecule has 2 heterocycles. The van der Waals surface area contributed by atoms with E-state index in [9.17, 15) is 8.42 Å². The summed E-state index contributed by atoms with van der Waals surface area (Å²) in [4.78, 5) is 7.91. The minimum Gasteiger partial charge on any atom is -0.337 e. The highest BCUT2D eigenvalue weighted by molar-refractivity contribution is 7.89. The lowest BCUT2D eigenvalue weighted by atomic mass is 10.6. The zero-order valence-corrected chi connectivity index (χ0v) is 11.1. The van der Waals surface area contributed by atoms with E-state index in [1.807, 2.05) is 0 Å². The molecule has 0 unspecified atom stereocenters. The smallest absolute Gasteiger partial charge is 0.262 e. The summed E-state index contributed by atoms with van der Waals surface area (Å²) in [5.74, 6) is 1.12. The van der Waals surface area contributed by atoms with Crippen molar-refractivity contribution in [1.29, 1.82) is 0 Å². The van der Waals surface area contributed by atoms with Crippen LogP contribution in [0.5, 0.6) is 0 Å². The molecule has 0 aromatic carbocycles. The Bertz CT molecular complexity index is 611. The molecule has 18 heavy (non-hydrogen) atoms. The van der Waals surface area contributed by atoms with Crippen molar-refractivity contribution in [2.45, 2.75) is 18.5 Å². The molecule has 0 spiro atoms. The Morgan fingerprint density at radius 2 is 2.22 bits per heavy atom. The van der Waals surface area contributed by atoms with Gasteiger partial charge in [0.15, 0.2) is 5.03 Å². The van der Waals surface area contributed by atoms with Crippen LogP contribution in [0, 0.1) is 6.92 Å². The number of imidazole rings is 1. The summed E-state index contributed by atoms with van der Waals surface area (Å²) in [6, 6.07) is 0. The maximum atomic E-state index is 12.2. The average molecular weight is 270 g/mol. The number of sulfonamides is 1. The van der Waals surface area contributed by atoms with E-state index in [0.29, 0.717) is 11.6 Å². The molecule has 1 N–H and O–H groups in total. The Kier molecular flexibility index (Phi) is 3.18. The average Bonchev–Trinajstić information content (AvgIpc) is 2.90. The molecule has 2 aromatic heterocycles. The van der Waals surface area contributed by atoms with Gasteiger partial charge in [0.1, 0.15) is 18.0 Å². The van der Waals surface area contributed by atoms with Gasteiger partial charge in [-0.05, 0) is 6.92 Å². The molecule has 8 nitrogen and oxygen atoms in total. The highest BCUT2D eigenvalue weighted by atomic mass is 32.2. The molecular weight excluding hydrogens is 256 g/mol. The number of hydrogen-bond donors (Lipinski definition) is 1. The second kappa shape index (κ2) is 4.50. The monoisotopic (exact) mass is 270 g/mol. The Labute approximate surface area is 105 Å². The van der Waals surface area contributed by atoms with Gasteiger partial charge < -0.3 is 4.57 Å². The van der Waals surface area contributed by atoms with Gasteiger partial charge in [-0.25, -0.2) is 18.4 Å². The lowest BCUT2D eigenvalue weighted by Gasteiger charge is -2.13. The van der Waals surface area contributed by atoms with Crippen LogP contribution in [0.25, 0.3) is 0 Å². The molecule has 0 aliphatic heterocycles. The van der Waals surface area contributed by atoms with Crippen molar-refractivity contribution in [3.63, 3.8) is 0 Å². The highest BCUT2D eigenvalue weighted by Crippen LogP contribution is 2.14. The van der Waals surface area contributed by atoms with Crippen LogP contribution >= 0.6 is 0 Å². The third kappa shape index (κ3) is 2.27. The molecule has 2 rings (SSSR count).